The van der Waals surface area contributed by atoms with Gasteiger partial charge in [0.05, 0.1) is 4.90 Å². The summed E-state index contributed by atoms with van der Waals surface area (Å²) < 4.78 is 108. The Morgan fingerprint density at radius 3 is 1.69 bits per heavy atom. The van der Waals surface area contributed by atoms with Gasteiger partial charge in [0, 0.05) is 4.90 Å². The van der Waals surface area contributed by atoms with Crippen LogP contribution in [-0.4, -0.2) is 23.9 Å². The molecule has 0 saturated heterocycles. The van der Waals surface area contributed by atoms with Crippen molar-refractivity contribution in [3.63, 3.8) is 0 Å². The molecular weight excluding hydrogens is 491 g/mol. The minimum absolute atomic E-state index is 0.135. The number of rotatable bonds is 6. The lowest BCUT2D eigenvalue weighted by molar-refractivity contribution is -0.105. The first-order valence-corrected chi connectivity index (χ1v) is 11.9. The molecule has 0 aliphatic carbocycles. The number of hydrogen-bond acceptors (Lipinski definition) is 4. The van der Waals surface area contributed by atoms with Gasteiger partial charge in [0.25, 0.3) is 0 Å². The van der Waals surface area contributed by atoms with Gasteiger partial charge in [-0.05, 0) is 36.4 Å². The summed E-state index contributed by atoms with van der Waals surface area (Å²) in [6, 6.07) is 8.72. The van der Waals surface area contributed by atoms with E-state index in [1.165, 1.54) is 36.4 Å². The highest BCUT2D eigenvalue weighted by Gasteiger charge is 2.28. The van der Waals surface area contributed by atoms with E-state index in [9.17, 15) is 39.5 Å². The third-order valence-corrected chi connectivity index (χ3v) is 7.09. The highest BCUT2D eigenvalue weighted by atomic mass is 33.1. The monoisotopic (exact) mass is 502 g/mol. The predicted octanol–water partition coefficient (Wildman–Crippen LogP) is 8.40. The Labute approximate surface area is 176 Å². The standard InChI is InChI=1S/C8H5F5S2.C8H6F4S2/c9-5-2-1-3-6(7(5)10)15-14-4-8(11,12)13;9-6-1-3-7(4-2-6)14-13-5-8(10,11)12/h1-3H,4H2;1-4H,5H2. The molecule has 0 radical (unpaired) electrons. The van der Waals surface area contributed by atoms with E-state index in [1.54, 1.807) is 0 Å². The normalized spacial score (nSPS) is 11.8. The molecule has 0 N–H and O–H groups in total. The van der Waals surface area contributed by atoms with Gasteiger partial charge < -0.3 is 0 Å². The average Bonchev–Trinajstić information content (AvgIpc) is 2.59. The van der Waals surface area contributed by atoms with Crippen molar-refractivity contribution in [1.29, 1.82) is 0 Å². The summed E-state index contributed by atoms with van der Waals surface area (Å²) in [5, 5.41) is 0. The van der Waals surface area contributed by atoms with Gasteiger partial charge in [0.15, 0.2) is 11.6 Å². The summed E-state index contributed by atoms with van der Waals surface area (Å²) in [7, 11) is 2.67. The van der Waals surface area contributed by atoms with Crippen molar-refractivity contribution in [2.75, 3.05) is 11.5 Å². The van der Waals surface area contributed by atoms with E-state index >= 15 is 0 Å². The molecule has 29 heavy (non-hydrogen) atoms. The van der Waals surface area contributed by atoms with E-state index in [4.69, 9.17) is 0 Å². The van der Waals surface area contributed by atoms with Crippen LogP contribution < -0.4 is 0 Å². The third-order valence-electron chi connectivity index (χ3n) is 2.48. The van der Waals surface area contributed by atoms with Gasteiger partial charge in [-0.15, -0.1) is 0 Å². The van der Waals surface area contributed by atoms with Gasteiger partial charge in [0.1, 0.15) is 17.3 Å². The van der Waals surface area contributed by atoms with Crippen LogP contribution in [0.5, 0.6) is 0 Å². The number of halogens is 9. The summed E-state index contributed by atoms with van der Waals surface area (Å²) in [6.07, 6.45) is -8.46. The van der Waals surface area contributed by atoms with Crippen molar-refractivity contribution < 1.29 is 39.5 Å². The molecule has 0 nitrogen and oxygen atoms in total. The first-order valence-electron chi connectivity index (χ1n) is 7.29. The van der Waals surface area contributed by atoms with Crippen molar-refractivity contribution in [3.8, 4) is 0 Å². The molecule has 0 bridgehead atoms. The van der Waals surface area contributed by atoms with Gasteiger partial charge in [-0.1, -0.05) is 49.2 Å². The maximum Gasteiger partial charge on any atom is 0.398 e. The van der Waals surface area contributed by atoms with Crippen LogP contribution in [0.25, 0.3) is 0 Å². The zero-order valence-electron chi connectivity index (χ0n) is 14.0. The lowest BCUT2D eigenvalue weighted by Crippen LogP contribution is -2.09. The predicted molar refractivity (Wildman–Crippen MR) is 101 cm³/mol. The third kappa shape index (κ3) is 12.5. The van der Waals surface area contributed by atoms with E-state index in [-0.39, 0.29) is 4.90 Å². The number of hydrogen-bond donors (Lipinski definition) is 0. The minimum atomic E-state index is -4.30. The first-order chi connectivity index (χ1) is 13.4. The van der Waals surface area contributed by atoms with Crippen LogP contribution in [0.15, 0.2) is 52.3 Å². The smallest absolute Gasteiger partial charge is 0.207 e. The Kier molecular flexibility index (Phi) is 11.0. The van der Waals surface area contributed by atoms with Crippen molar-refractivity contribution in [1.82, 2.24) is 0 Å². The second kappa shape index (κ2) is 12.2. The molecule has 2 rings (SSSR count). The lowest BCUT2D eigenvalue weighted by Gasteiger charge is -2.05. The van der Waals surface area contributed by atoms with E-state index in [0.29, 0.717) is 37.3 Å². The Morgan fingerprint density at radius 1 is 0.655 bits per heavy atom. The fraction of sp³-hybridized carbons (Fsp3) is 0.250. The number of alkyl halides is 6. The van der Waals surface area contributed by atoms with Gasteiger partial charge >= 0.3 is 12.4 Å². The number of benzene rings is 2. The van der Waals surface area contributed by atoms with Gasteiger partial charge in [-0.3, -0.25) is 0 Å². The maximum absolute atomic E-state index is 12.9. The SMILES string of the molecule is Fc1ccc(SSCC(F)(F)F)cc1.Fc1cccc(SSCC(F)(F)F)c1F. The fourth-order valence-corrected chi connectivity index (χ4v) is 5.23. The molecular formula is C16H11F9S4. The second-order valence-corrected chi connectivity index (χ2v) is 9.63. The topological polar surface area (TPSA) is 0 Å². The molecule has 2 aromatic carbocycles. The van der Waals surface area contributed by atoms with Crippen LogP contribution in [0.3, 0.4) is 0 Å². The van der Waals surface area contributed by atoms with Crippen LogP contribution in [0.4, 0.5) is 39.5 Å². The highest BCUT2D eigenvalue weighted by molar-refractivity contribution is 8.77. The zero-order chi connectivity index (χ0) is 22.1. The summed E-state index contributed by atoms with van der Waals surface area (Å²) in [5.74, 6) is -4.58. The summed E-state index contributed by atoms with van der Waals surface area (Å²) in [5.41, 5.74) is 0. The molecule has 0 aromatic heterocycles. The van der Waals surface area contributed by atoms with Crippen LogP contribution in [0.2, 0.25) is 0 Å². The van der Waals surface area contributed by atoms with Crippen molar-refractivity contribution in [3.05, 3.63) is 59.9 Å². The van der Waals surface area contributed by atoms with Crippen LogP contribution >= 0.6 is 43.2 Å². The molecule has 0 saturated carbocycles. The molecule has 0 atom stereocenters. The molecule has 2 aromatic rings. The fourth-order valence-electron chi connectivity index (χ4n) is 1.36. The molecule has 0 amide bonds. The molecule has 0 spiro atoms. The van der Waals surface area contributed by atoms with Crippen LogP contribution in [0, 0.1) is 17.5 Å². The average molecular weight is 503 g/mol. The van der Waals surface area contributed by atoms with Crippen molar-refractivity contribution in [2.24, 2.45) is 0 Å². The van der Waals surface area contributed by atoms with Gasteiger partial charge in [0.2, 0.25) is 0 Å². The molecule has 0 aliphatic rings. The highest BCUT2D eigenvalue weighted by Crippen LogP contribution is 2.37. The maximum atomic E-state index is 12.9. The van der Waals surface area contributed by atoms with Gasteiger partial charge in [-0.25, -0.2) is 13.2 Å². The Balaban J connectivity index is 0.000000291. The van der Waals surface area contributed by atoms with E-state index < -0.39 is 41.3 Å². The van der Waals surface area contributed by atoms with Gasteiger partial charge in [-0.2, -0.15) is 26.3 Å². The molecule has 13 heteroatoms. The Hall–Kier alpha value is -0.790. The van der Waals surface area contributed by atoms with Crippen LogP contribution in [0.1, 0.15) is 0 Å². The Morgan fingerprint density at radius 2 is 1.17 bits per heavy atom. The van der Waals surface area contributed by atoms with E-state index in [2.05, 4.69) is 0 Å². The second-order valence-electron chi connectivity index (χ2n) is 4.93. The first kappa shape index (κ1) is 26.2. The minimum Gasteiger partial charge on any atom is -0.207 e. The molecule has 0 heterocycles. The largest absolute Gasteiger partial charge is 0.398 e. The van der Waals surface area contributed by atoms with E-state index in [0.717, 1.165) is 16.9 Å². The Bertz CT molecular complexity index is 746. The van der Waals surface area contributed by atoms with Crippen molar-refractivity contribution in [2.45, 2.75) is 22.1 Å². The molecule has 0 aliphatic heterocycles. The quantitative estimate of drug-likeness (QED) is 0.287. The lowest BCUT2D eigenvalue weighted by atomic mass is 10.3. The van der Waals surface area contributed by atoms with Crippen LogP contribution in [-0.2, 0) is 0 Å². The van der Waals surface area contributed by atoms with E-state index in [1.807, 2.05) is 0 Å². The molecule has 0 unspecified atom stereocenters. The van der Waals surface area contributed by atoms with Crippen molar-refractivity contribution >= 4 is 43.2 Å². The summed E-state index contributed by atoms with van der Waals surface area (Å²) in [4.78, 5) is 0.477. The zero-order valence-corrected chi connectivity index (χ0v) is 17.3. The summed E-state index contributed by atoms with van der Waals surface area (Å²) >= 11 is 0. The molecule has 0 fully saturated rings. The summed E-state index contributed by atoms with van der Waals surface area (Å²) in [6.45, 7) is 0. The molecule has 162 valence electrons.